The number of phenols is 1. The van der Waals surface area contributed by atoms with Crippen LogP contribution in [-0.4, -0.2) is 17.2 Å². The van der Waals surface area contributed by atoms with Gasteiger partial charge in [0, 0.05) is 5.56 Å². The van der Waals surface area contributed by atoms with Crippen molar-refractivity contribution in [2.75, 3.05) is 0 Å². The average Bonchev–Trinajstić information content (AvgIpc) is 2.77. The highest BCUT2D eigenvalue weighted by molar-refractivity contribution is 5.98. The van der Waals surface area contributed by atoms with E-state index < -0.39 is 6.29 Å². The third kappa shape index (κ3) is 2.93. The predicted octanol–water partition coefficient (Wildman–Crippen LogP) is 2.62. The van der Waals surface area contributed by atoms with Crippen LogP contribution in [0.15, 0.2) is 47.5 Å². The van der Waals surface area contributed by atoms with E-state index in [0.717, 1.165) is 5.56 Å². The molecule has 0 saturated carbocycles. The van der Waals surface area contributed by atoms with Crippen molar-refractivity contribution in [3.63, 3.8) is 0 Å². The van der Waals surface area contributed by atoms with E-state index in [1.54, 1.807) is 24.3 Å². The number of fused-ring (bicyclic) bond motifs is 1. The number of halogens is 2. The van der Waals surface area contributed by atoms with Gasteiger partial charge in [0.05, 0.1) is 6.54 Å². The molecule has 0 unspecified atom stereocenters. The molecule has 114 valence electrons. The van der Waals surface area contributed by atoms with E-state index in [1.165, 1.54) is 18.2 Å². The van der Waals surface area contributed by atoms with Gasteiger partial charge in [0.15, 0.2) is 11.5 Å². The number of aromatic hydroxyl groups is 1. The Hall–Kier alpha value is -2.83. The summed E-state index contributed by atoms with van der Waals surface area (Å²) in [5.74, 6) is 0.175. The van der Waals surface area contributed by atoms with E-state index in [4.69, 9.17) is 5.73 Å². The predicted molar refractivity (Wildman–Crippen MR) is 75.2 cm³/mol. The summed E-state index contributed by atoms with van der Waals surface area (Å²) in [5, 5.41) is 9.37. The average molecular weight is 306 g/mol. The highest BCUT2D eigenvalue weighted by Crippen LogP contribution is 2.41. The number of phenolic OH excluding ortho intramolecular Hbond substituents is 1. The molecule has 2 aromatic carbocycles. The van der Waals surface area contributed by atoms with Crippen LogP contribution in [0.3, 0.4) is 0 Å². The minimum absolute atomic E-state index is 0.0467. The molecule has 0 saturated heterocycles. The molecule has 0 fully saturated rings. The third-order valence-electron chi connectivity index (χ3n) is 3.04. The van der Waals surface area contributed by atoms with Crippen molar-refractivity contribution in [1.29, 1.82) is 0 Å². The maximum atomic E-state index is 12.9. The van der Waals surface area contributed by atoms with E-state index in [1.807, 2.05) is 0 Å². The van der Waals surface area contributed by atoms with Gasteiger partial charge in [0.2, 0.25) is 0 Å². The molecule has 0 amide bonds. The first-order chi connectivity index (χ1) is 10.4. The lowest BCUT2D eigenvalue weighted by molar-refractivity contribution is -0.286. The quantitative estimate of drug-likeness (QED) is 0.675. The Labute approximate surface area is 124 Å². The first-order valence-electron chi connectivity index (χ1n) is 6.41. The van der Waals surface area contributed by atoms with Crippen LogP contribution in [0.5, 0.6) is 17.2 Å². The van der Waals surface area contributed by atoms with E-state index in [0.29, 0.717) is 5.56 Å². The second-order valence-electron chi connectivity index (χ2n) is 4.70. The van der Waals surface area contributed by atoms with E-state index in [-0.39, 0.29) is 29.6 Å². The maximum absolute atomic E-state index is 12.9. The van der Waals surface area contributed by atoms with Crippen LogP contribution in [-0.2, 0) is 6.54 Å². The maximum Gasteiger partial charge on any atom is 0.586 e. The Bertz CT molecular complexity index is 747. The van der Waals surface area contributed by atoms with Crippen LogP contribution < -0.4 is 15.2 Å². The number of alkyl halides is 2. The van der Waals surface area contributed by atoms with Crippen LogP contribution in [0.25, 0.3) is 0 Å². The number of hydrogen-bond donors (Lipinski definition) is 2. The fourth-order valence-electron chi connectivity index (χ4n) is 2.03. The number of nitrogens with zero attached hydrogens (tertiary/aromatic N) is 1. The summed E-state index contributed by atoms with van der Waals surface area (Å²) in [6, 6.07) is 10.8. The molecule has 7 heteroatoms. The summed E-state index contributed by atoms with van der Waals surface area (Å²) < 4.78 is 34.6. The zero-order chi connectivity index (χ0) is 15.7. The van der Waals surface area contributed by atoms with Crippen LogP contribution >= 0.6 is 0 Å². The smallest absolute Gasteiger partial charge is 0.508 e. The lowest BCUT2D eigenvalue weighted by atomic mass is 10.2. The standard InChI is InChI=1S/C15H12F2N2O3/c16-15(17)21-12-5-4-10(7-13(12)22-15)14(18)19-8-9-2-1-3-11(20)6-9/h1-7,20H,8H2,(H2,18,19). The van der Waals surface area contributed by atoms with Gasteiger partial charge < -0.3 is 20.3 Å². The molecule has 0 spiro atoms. The summed E-state index contributed by atoms with van der Waals surface area (Å²) in [6.07, 6.45) is -3.66. The molecular weight excluding hydrogens is 294 g/mol. The number of rotatable bonds is 3. The van der Waals surface area contributed by atoms with Crippen molar-refractivity contribution in [1.82, 2.24) is 0 Å². The summed E-state index contributed by atoms with van der Waals surface area (Å²) in [7, 11) is 0. The number of hydrogen-bond acceptors (Lipinski definition) is 4. The summed E-state index contributed by atoms with van der Waals surface area (Å²) in [5.41, 5.74) is 7.06. The minimum atomic E-state index is -3.66. The fraction of sp³-hybridized carbons (Fsp3) is 0.133. The van der Waals surface area contributed by atoms with Gasteiger partial charge >= 0.3 is 6.29 Å². The van der Waals surface area contributed by atoms with Crippen LogP contribution in [0, 0.1) is 0 Å². The zero-order valence-corrected chi connectivity index (χ0v) is 11.3. The first kappa shape index (κ1) is 14.1. The topological polar surface area (TPSA) is 77.1 Å². The van der Waals surface area contributed by atoms with E-state index >= 15 is 0 Å². The number of ether oxygens (including phenoxy) is 2. The molecule has 3 N–H and O–H groups in total. The molecule has 0 radical (unpaired) electrons. The Morgan fingerprint density at radius 3 is 2.68 bits per heavy atom. The van der Waals surface area contributed by atoms with Crippen LogP contribution in [0.1, 0.15) is 11.1 Å². The highest BCUT2D eigenvalue weighted by atomic mass is 19.3. The van der Waals surface area contributed by atoms with Crippen molar-refractivity contribution >= 4 is 5.84 Å². The molecule has 0 aromatic heterocycles. The Morgan fingerprint density at radius 1 is 1.14 bits per heavy atom. The van der Waals surface area contributed by atoms with Crippen molar-refractivity contribution in [3.05, 3.63) is 53.6 Å². The molecular formula is C15H12F2N2O3. The number of amidine groups is 1. The number of nitrogens with two attached hydrogens (primary N) is 1. The first-order valence-corrected chi connectivity index (χ1v) is 6.41. The molecule has 2 aromatic rings. The van der Waals surface area contributed by atoms with Gasteiger partial charge in [0.1, 0.15) is 11.6 Å². The second kappa shape index (κ2) is 5.18. The van der Waals surface area contributed by atoms with E-state index in [9.17, 15) is 13.9 Å². The van der Waals surface area contributed by atoms with Crippen molar-refractivity contribution in [2.45, 2.75) is 12.8 Å². The molecule has 0 aliphatic carbocycles. The molecule has 22 heavy (non-hydrogen) atoms. The molecule has 0 atom stereocenters. The van der Waals surface area contributed by atoms with Gasteiger partial charge in [-0.05, 0) is 35.9 Å². The monoisotopic (exact) mass is 306 g/mol. The molecule has 0 bridgehead atoms. The van der Waals surface area contributed by atoms with Gasteiger partial charge in [-0.25, -0.2) is 0 Å². The van der Waals surface area contributed by atoms with Crippen LogP contribution in [0.4, 0.5) is 8.78 Å². The van der Waals surface area contributed by atoms with Gasteiger partial charge in [-0.3, -0.25) is 4.99 Å². The summed E-state index contributed by atoms with van der Waals surface area (Å²) >= 11 is 0. The largest absolute Gasteiger partial charge is 0.586 e. The molecule has 1 aliphatic heterocycles. The molecule has 1 heterocycles. The zero-order valence-electron chi connectivity index (χ0n) is 11.3. The van der Waals surface area contributed by atoms with Crippen molar-refractivity contribution < 1.29 is 23.4 Å². The molecule has 3 rings (SSSR count). The molecule has 5 nitrogen and oxygen atoms in total. The highest BCUT2D eigenvalue weighted by Gasteiger charge is 2.43. The number of aliphatic imine (C=N–C) groups is 1. The lowest BCUT2D eigenvalue weighted by Crippen LogP contribution is -2.25. The van der Waals surface area contributed by atoms with Gasteiger partial charge in [-0.2, -0.15) is 0 Å². The summed E-state index contributed by atoms with van der Waals surface area (Å²) in [4.78, 5) is 4.17. The SMILES string of the molecule is NC(=NCc1cccc(O)c1)c1ccc2c(c1)OC(F)(F)O2. The molecule has 1 aliphatic rings. The second-order valence-corrected chi connectivity index (χ2v) is 4.70. The Morgan fingerprint density at radius 2 is 1.91 bits per heavy atom. The normalized spacial score (nSPS) is 15.8. The Balaban J connectivity index is 1.78. The van der Waals surface area contributed by atoms with E-state index in [2.05, 4.69) is 14.5 Å². The summed E-state index contributed by atoms with van der Waals surface area (Å²) in [6.45, 7) is 0.255. The van der Waals surface area contributed by atoms with Crippen LogP contribution in [0.2, 0.25) is 0 Å². The Kier molecular flexibility index (Phi) is 3.32. The number of benzene rings is 2. The fourth-order valence-corrected chi connectivity index (χ4v) is 2.03. The van der Waals surface area contributed by atoms with Crippen molar-refractivity contribution in [3.8, 4) is 17.2 Å². The third-order valence-corrected chi connectivity index (χ3v) is 3.04. The van der Waals surface area contributed by atoms with Crippen molar-refractivity contribution in [2.24, 2.45) is 10.7 Å². The van der Waals surface area contributed by atoms with Gasteiger partial charge in [0.25, 0.3) is 0 Å². The minimum Gasteiger partial charge on any atom is -0.508 e. The lowest BCUT2D eigenvalue weighted by Gasteiger charge is -2.04. The van der Waals surface area contributed by atoms with Gasteiger partial charge in [-0.1, -0.05) is 12.1 Å². The van der Waals surface area contributed by atoms with Gasteiger partial charge in [-0.15, -0.1) is 8.78 Å².